The van der Waals surface area contributed by atoms with E-state index in [-0.39, 0.29) is 18.2 Å². The van der Waals surface area contributed by atoms with Gasteiger partial charge in [0, 0.05) is 18.5 Å². The number of benzene rings is 1. The van der Waals surface area contributed by atoms with Crippen LogP contribution in [0, 0.1) is 19.8 Å². The third-order valence-electron chi connectivity index (χ3n) is 4.52. The minimum atomic E-state index is 0.0517. The van der Waals surface area contributed by atoms with Crippen molar-refractivity contribution in [1.29, 1.82) is 0 Å². The number of nitrogens with zero attached hydrogens (tertiary/aromatic N) is 1. The highest BCUT2D eigenvalue weighted by Crippen LogP contribution is 2.21. The molecule has 1 amide bonds. The van der Waals surface area contributed by atoms with Gasteiger partial charge >= 0.3 is 0 Å². The highest BCUT2D eigenvalue weighted by molar-refractivity contribution is 6.00. The molecular formula is C18H25NO2. The summed E-state index contributed by atoms with van der Waals surface area (Å²) in [5.74, 6) is 0.801. The molecule has 1 heterocycles. The Hall–Kier alpha value is -1.64. The van der Waals surface area contributed by atoms with Crippen LogP contribution in [-0.2, 0) is 4.79 Å². The van der Waals surface area contributed by atoms with Crippen LogP contribution in [0.3, 0.4) is 0 Å². The van der Waals surface area contributed by atoms with Gasteiger partial charge in [0.2, 0.25) is 5.91 Å². The Kier molecular flexibility index (Phi) is 5.16. The Morgan fingerprint density at radius 2 is 2.05 bits per heavy atom. The molecule has 0 aromatic heterocycles. The first-order valence-electron chi connectivity index (χ1n) is 7.89. The van der Waals surface area contributed by atoms with E-state index in [0.717, 1.165) is 36.0 Å². The molecule has 1 atom stereocenters. The normalized spacial score (nSPS) is 19.5. The fourth-order valence-electron chi connectivity index (χ4n) is 3.05. The molecule has 1 saturated heterocycles. The Morgan fingerprint density at radius 3 is 2.71 bits per heavy atom. The van der Waals surface area contributed by atoms with E-state index in [1.54, 1.807) is 4.90 Å². The van der Waals surface area contributed by atoms with Crippen molar-refractivity contribution >= 4 is 11.7 Å². The SMILES string of the molecule is CCC1CCC(=O)N(CC(=O)c2ccc(C)cc2C)CC1. The molecule has 1 aromatic carbocycles. The molecule has 114 valence electrons. The number of Topliss-reactive ketones (excluding diaryl/α,β-unsaturated/α-hetero) is 1. The van der Waals surface area contributed by atoms with E-state index in [4.69, 9.17) is 0 Å². The zero-order valence-electron chi connectivity index (χ0n) is 13.3. The summed E-state index contributed by atoms with van der Waals surface area (Å²) in [5, 5.41) is 0. The fourth-order valence-corrected chi connectivity index (χ4v) is 3.05. The summed E-state index contributed by atoms with van der Waals surface area (Å²) >= 11 is 0. The molecule has 1 aliphatic heterocycles. The van der Waals surface area contributed by atoms with Crippen molar-refractivity contribution in [2.45, 2.75) is 46.5 Å². The van der Waals surface area contributed by atoms with E-state index in [1.165, 1.54) is 0 Å². The monoisotopic (exact) mass is 287 g/mol. The van der Waals surface area contributed by atoms with Crippen molar-refractivity contribution < 1.29 is 9.59 Å². The molecule has 1 fully saturated rings. The number of carbonyl (C=O) groups is 2. The smallest absolute Gasteiger partial charge is 0.222 e. The van der Waals surface area contributed by atoms with Gasteiger partial charge in [-0.05, 0) is 38.2 Å². The average molecular weight is 287 g/mol. The summed E-state index contributed by atoms with van der Waals surface area (Å²) in [6.45, 7) is 7.08. The summed E-state index contributed by atoms with van der Waals surface area (Å²) in [4.78, 5) is 26.4. The zero-order chi connectivity index (χ0) is 15.4. The molecule has 1 aromatic rings. The van der Waals surface area contributed by atoms with Gasteiger partial charge in [-0.15, -0.1) is 0 Å². The third-order valence-corrected chi connectivity index (χ3v) is 4.52. The summed E-state index contributed by atoms with van der Waals surface area (Å²) < 4.78 is 0. The van der Waals surface area contributed by atoms with Gasteiger partial charge in [-0.25, -0.2) is 0 Å². The van der Waals surface area contributed by atoms with E-state index in [9.17, 15) is 9.59 Å². The van der Waals surface area contributed by atoms with Crippen LogP contribution in [-0.4, -0.2) is 29.7 Å². The van der Waals surface area contributed by atoms with Crippen LogP contribution < -0.4 is 0 Å². The van der Waals surface area contributed by atoms with Crippen LogP contribution in [0.15, 0.2) is 18.2 Å². The Bertz CT molecular complexity index is 536. The van der Waals surface area contributed by atoms with Crippen molar-refractivity contribution in [2.75, 3.05) is 13.1 Å². The van der Waals surface area contributed by atoms with Gasteiger partial charge in [0.05, 0.1) is 6.54 Å². The van der Waals surface area contributed by atoms with Crippen molar-refractivity contribution in [3.8, 4) is 0 Å². The first-order chi connectivity index (χ1) is 10.0. The van der Waals surface area contributed by atoms with Crippen molar-refractivity contribution in [3.63, 3.8) is 0 Å². The lowest BCUT2D eigenvalue weighted by molar-refractivity contribution is -0.130. The molecular weight excluding hydrogens is 262 g/mol. The van der Waals surface area contributed by atoms with Gasteiger partial charge in [-0.1, -0.05) is 37.1 Å². The number of amides is 1. The quantitative estimate of drug-likeness (QED) is 0.795. The summed E-state index contributed by atoms with van der Waals surface area (Å²) in [7, 11) is 0. The molecule has 0 saturated carbocycles. The number of hydrogen-bond donors (Lipinski definition) is 0. The van der Waals surface area contributed by atoms with Crippen LogP contribution in [0.25, 0.3) is 0 Å². The van der Waals surface area contributed by atoms with Crippen LogP contribution in [0.2, 0.25) is 0 Å². The Labute approximate surface area is 127 Å². The van der Waals surface area contributed by atoms with E-state index in [2.05, 4.69) is 6.92 Å². The van der Waals surface area contributed by atoms with Crippen molar-refractivity contribution in [3.05, 3.63) is 34.9 Å². The largest absolute Gasteiger partial charge is 0.335 e. The first kappa shape index (κ1) is 15.7. The molecule has 0 spiro atoms. The molecule has 2 rings (SSSR count). The molecule has 21 heavy (non-hydrogen) atoms. The molecule has 0 N–H and O–H groups in total. The van der Waals surface area contributed by atoms with Gasteiger partial charge in [0.25, 0.3) is 0 Å². The lowest BCUT2D eigenvalue weighted by Crippen LogP contribution is -2.35. The number of carbonyl (C=O) groups excluding carboxylic acids is 2. The third kappa shape index (κ3) is 3.93. The summed E-state index contributed by atoms with van der Waals surface area (Å²) in [5.41, 5.74) is 2.89. The second kappa shape index (κ2) is 6.88. The number of likely N-dealkylation sites (tertiary alicyclic amines) is 1. The molecule has 3 nitrogen and oxygen atoms in total. The standard InChI is InChI=1S/C18H25NO2/c1-4-15-6-8-18(21)19(10-9-15)12-17(20)16-7-5-13(2)11-14(16)3/h5,7,11,15H,4,6,8-10,12H2,1-3H3. The Balaban J connectivity index is 2.06. The lowest BCUT2D eigenvalue weighted by Gasteiger charge is -2.20. The van der Waals surface area contributed by atoms with Gasteiger partial charge < -0.3 is 4.90 Å². The minimum Gasteiger partial charge on any atom is -0.335 e. The van der Waals surface area contributed by atoms with E-state index < -0.39 is 0 Å². The first-order valence-corrected chi connectivity index (χ1v) is 7.89. The number of rotatable bonds is 4. The van der Waals surface area contributed by atoms with Gasteiger partial charge in [-0.3, -0.25) is 9.59 Å². The zero-order valence-corrected chi connectivity index (χ0v) is 13.3. The number of aryl methyl sites for hydroxylation is 2. The lowest BCUT2D eigenvalue weighted by atomic mass is 9.98. The maximum absolute atomic E-state index is 12.5. The predicted octanol–water partition coefficient (Wildman–Crippen LogP) is 3.52. The summed E-state index contributed by atoms with van der Waals surface area (Å²) in [6.07, 6.45) is 3.68. The number of ketones is 1. The molecule has 0 aliphatic carbocycles. The maximum atomic E-state index is 12.5. The number of hydrogen-bond acceptors (Lipinski definition) is 2. The van der Waals surface area contributed by atoms with Crippen molar-refractivity contribution in [2.24, 2.45) is 5.92 Å². The highest BCUT2D eigenvalue weighted by Gasteiger charge is 2.24. The van der Waals surface area contributed by atoms with Gasteiger partial charge in [0.1, 0.15) is 0 Å². The molecule has 0 bridgehead atoms. The van der Waals surface area contributed by atoms with Gasteiger partial charge in [-0.2, -0.15) is 0 Å². The minimum absolute atomic E-state index is 0.0517. The maximum Gasteiger partial charge on any atom is 0.222 e. The van der Waals surface area contributed by atoms with Gasteiger partial charge in [0.15, 0.2) is 5.78 Å². The average Bonchev–Trinajstić information content (AvgIpc) is 2.61. The van der Waals surface area contributed by atoms with Crippen LogP contribution in [0.5, 0.6) is 0 Å². The second-order valence-electron chi connectivity index (χ2n) is 6.16. The highest BCUT2D eigenvalue weighted by atomic mass is 16.2. The molecule has 1 unspecified atom stereocenters. The van der Waals surface area contributed by atoms with E-state index >= 15 is 0 Å². The van der Waals surface area contributed by atoms with E-state index in [1.807, 2.05) is 32.0 Å². The van der Waals surface area contributed by atoms with Crippen LogP contribution in [0.1, 0.15) is 54.1 Å². The molecule has 3 heteroatoms. The predicted molar refractivity (Wildman–Crippen MR) is 84.5 cm³/mol. The fraction of sp³-hybridized carbons (Fsp3) is 0.556. The molecule has 0 radical (unpaired) electrons. The van der Waals surface area contributed by atoms with Crippen LogP contribution in [0.4, 0.5) is 0 Å². The van der Waals surface area contributed by atoms with Crippen molar-refractivity contribution in [1.82, 2.24) is 4.90 Å². The second-order valence-corrected chi connectivity index (χ2v) is 6.16. The molecule has 1 aliphatic rings. The van der Waals surface area contributed by atoms with E-state index in [0.29, 0.717) is 18.9 Å². The van der Waals surface area contributed by atoms with Crippen LogP contribution >= 0.6 is 0 Å². The Morgan fingerprint density at radius 1 is 1.29 bits per heavy atom. The summed E-state index contributed by atoms with van der Waals surface area (Å²) in [6, 6.07) is 5.85. The topological polar surface area (TPSA) is 37.4 Å².